The molecule has 0 saturated heterocycles. The van der Waals surface area contributed by atoms with E-state index in [9.17, 15) is 4.79 Å². The number of benzene rings is 1. The van der Waals surface area contributed by atoms with Crippen LogP contribution in [0.3, 0.4) is 0 Å². The van der Waals surface area contributed by atoms with Gasteiger partial charge in [0.05, 0.1) is 0 Å². The Morgan fingerprint density at radius 3 is 2.79 bits per heavy atom. The zero-order valence-corrected chi connectivity index (χ0v) is 12.4. The summed E-state index contributed by atoms with van der Waals surface area (Å²) in [6.45, 7) is 4.70. The highest BCUT2D eigenvalue weighted by atomic mass is 35.5. The lowest BCUT2D eigenvalue weighted by Crippen LogP contribution is -2.40. The number of nitrogens with two attached hydrogens (primary N) is 1. The van der Waals surface area contributed by atoms with E-state index in [1.165, 1.54) is 6.42 Å². The number of nitrogens with one attached hydrogen (secondary N) is 1. The standard InChI is InChI=1S/C15H22N2O.ClH/c1-10-5-3-7-13(11(10)2)15(18)17-14-8-4-6-12(14)9-16;/h3,5,7,12,14H,4,6,8-9,16H2,1-2H3,(H,17,18);1H. The summed E-state index contributed by atoms with van der Waals surface area (Å²) in [5.74, 6) is 0.487. The lowest BCUT2D eigenvalue weighted by atomic mass is 10.0. The predicted molar refractivity (Wildman–Crippen MR) is 80.8 cm³/mol. The average molecular weight is 283 g/mol. The first kappa shape index (κ1) is 16.0. The Labute approximate surface area is 121 Å². The van der Waals surface area contributed by atoms with Crippen LogP contribution in [-0.2, 0) is 0 Å². The first-order valence-electron chi connectivity index (χ1n) is 6.70. The van der Waals surface area contributed by atoms with E-state index in [4.69, 9.17) is 5.73 Å². The molecule has 1 fully saturated rings. The zero-order chi connectivity index (χ0) is 13.1. The van der Waals surface area contributed by atoms with E-state index >= 15 is 0 Å². The Morgan fingerprint density at radius 1 is 1.37 bits per heavy atom. The minimum Gasteiger partial charge on any atom is -0.349 e. The Hall–Kier alpha value is -1.06. The summed E-state index contributed by atoms with van der Waals surface area (Å²) < 4.78 is 0. The van der Waals surface area contributed by atoms with E-state index in [-0.39, 0.29) is 24.4 Å². The van der Waals surface area contributed by atoms with E-state index in [0.717, 1.165) is 29.5 Å². The fourth-order valence-electron chi connectivity index (χ4n) is 2.75. The van der Waals surface area contributed by atoms with Crippen LogP contribution in [0.25, 0.3) is 0 Å². The molecule has 1 aromatic rings. The van der Waals surface area contributed by atoms with Gasteiger partial charge in [-0.25, -0.2) is 0 Å². The van der Waals surface area contributed by atoms with Crippen molar-refractivity contribution < 1.29 is 4.79 Å². The number of hydrogen-bond donors (Lipinski definition) is 2. The quantitative estimate of drug-likeness (QED) is 0.895. The SMILES string of the molecule is Cc1cccc(C(=O)NC2CCCC2CN)c1C.Cl. The van der Waals surface area contributed by atoms with E-state index in [2.05, 4.69) is 5.32 Å². The molecule has 0 aromatic heterocycles. The fourth-order valence-corrected chi connectivity index (χ4v) is 2.75. The molecular formula is C15H23ClN2O. The third-order valence-corrected chi connectivity index (χ3v) is 4.13. The van der Waals surface area contributed by atoms with Crippen LogP contribution in [0.1, 0.15) is 40.7 Å². The smallest absolute Gasteiger partial charge is 0.251 e. The highest BCUT2D eigenvalue weighted by Gasteiger charge is 2.27. The summed E-state index contributed by atoms with van der Waals surface area (Å²) in [5.41, 5.74) is 8.75. The Kier molecular flexibility index (Phi) is 5.83. The maximum Gasteiger partial charge on any atom is 0.251 e. The summed E-state index contributed by atoms with van der Waals surface area (Å²) in [4.78, 5) is 12.3. The van der Waals surface area contributed by atoms with Crippen LogP contribution in [0, 0.1) is 19.8 Å². The summed E-state index contributed by atoms with van der Waals surface area (Å²) >= 11 is 0. The Balaban J connectivity index is 0.00000180. The van der Waals surface area contributed by atoms with Gasteiger partial charge in [-0.05, 0) is 56.3 Å². The lowest BCUT2D eigenvalue weighted by molar-refractivity contribution is 0.0928. The molecule has 1 aliphatic carbocycles. The van der Waals surface area contributed by atoms with Gasteiger partial charge in [0, 0.05) is 11.6 Å². The number of carbonyl (C=O) groups excluding carboxylic acids is 1. The highest BCUT2D eigenvalue weighted by Crippen LogP contribution is 2.25. The molecule has 106 valence electrons. The van der Waals surface area contributed by atoms with Crippen LogP contribution < -0.4 is 11.1 Å². The van der Waals surface area contributed by atoms with Crippen LogP contribution in [0.15, 0.2) is 18.2 Å². The second kappa shape index (κ2) is 6.92. The molecule has 1 aromatic carbocycles. The number of halogens is 1. The van der Waals surface area contributed by atoms with Crippen molar-refractivity contribution in [2.75, 3.05) is 6.54 Å². The molecule has 2 unspecified atom stereocenters. The average Bonchev–Trinajstić information content (AvgIpc) is 2.79. The van der Waals surface area contributed by atoms with Crippen molar-refractivity contribution in [3.63, 3.8) is 0 Å². The van der Waals surface area contributed by atoms with Gasteiger partial charge in [0.15, 0.2) is 0 Å². The van der Waals surface area contributed by atoms with Crippen LogP contribution >= 0.6 is 12.4 Å². The van der Waals surface area contributed by atoms with E-state index in [1.807, 2.05) is 32.0 Å². The first-order valence-corrected chi connectivity index (χ1v) is 6.70. The maximum absolute atomic E-state index is 12.3. The summed E-state index contributed by atoms with van der Waals surface area (Å²) in [5, 5.41) is 3.15. The van der Waals surface area contributed by atoms with Gasteiger partial charge in [-0.3, -0.25) is 4.79 Å². The summed E-state index contributed by atoms with van der Waals surface area (Å²) in [7, 11) is 0. The van der Waals surface area contributed by atoms with E-state index in [0.29, 0.717) is 12.5 Å². The van der Waals surface area contributed by atoms with Gasteiger partial charge in [-0.1, -0.05) is 18.6 Å². The van der Waals surface area contributed by atoms with Gasteiger partial charge in [0.1, 0.15) is 0 Å². The van der Waals surface area contributed by atoms with Crippen LogP contribution in [0.2, 0.25) is 0 Å². The molecule has 2 atom stereocenters. The van der Waals surface area contributed by atoms with Crippen molar-refractivity contribution in [1.82, 2.24) is 5.32 Å². The molecule has 3 N–H and O–H groups in total. The zero-order valence-electron chi connectivity index (χ0n) is 11.6. The lowest BCUT2D eigenvalue weighted by Gasteiger charge is -2.20. The third kappa shape index (κ3) is 3.48. The maximum atomic E-state index is 12.3. The van der Waals surface area contributed by atoms with Gasteiger partial charge in [0.2, 0.25) is 0 Å². The Morgan fingerprint density at radius 2 is 2.11 bits per heavy atom. The Bertz CT molecular complexity index is 448. The number of amides is 1. The molecule has 1 aliphatic rings. The van der Waals surface area contributed by atoms with Gasteiger partial charge >= 0.3 is 0 Å². The minimum atomic E-state index is 0. The molecule has 0 radical (unpaired) electrons. The fraction of sp³-hybridized carbons (Fsp3) is 0.533. The largest absolute Gasteiger partial charge is 0.349 e. The molecule has 0 bridgehead atoms. The van der Waals surface area contributed by atoms with Crippen LogP contribution in [0.4, 0.5) is 0 Å². The normalized spacial score (nSPS) is 21.8. The molecule has 3 nitrogen and oxygen atoms in total. The second-order valence-electron chi connectivity index (χ2n) is 5.25. The third-order valence-electron chi connectivity index (χ3n) is 4.13. The van der Waals surface area contributed by atoms with Crippen molar-refractivity contribution in [2.24, 2.45) is 11.7 Å². The van der Waals surface area contributed by atoms with Crippen molar-refractivity contribution in [3.05, 3.63) is 34.9 Å². The number of aryl methyl sites for hydroxylation is 1. The summed E-state index contributed by atoms with van der Waals surface area (Å²) in [6.07, 6.45) is 3.35. The van der Waals surface area contributed by atoms with Crippen molar-refractivity contribution in [2.45, 2.75) is 39.2 Å². The number of hydrogen-bond acceptors (Lipinski definition) is 2. The van der Waals surface area contributed by atoms with Crippen LogP contribution in [0.5, 0.6) is 0 Å². The van der Waals surface area contributed by atoms with E-state index in [1.54, 1.807) is 0 Å². The van der Waals surface area contributed by atoms with Crippen molar-refractivity contribution in [3.8, 4) is 0 Å². The number of carbonyl (C=O) groups is 1. The first-order chi connectivity index (χ1) is 8.63. The molecule has 0 heterocycles. The minimum absolute atomic E-state index is 0. The highest BCUT2D eigenvalue weighted by molar-refractivity contribution is 5.96. The van der Waals surface area contributed by atoms with E-state index < -0.39 is 0 Å². The van der Waals surface area contributed by atoms with Crippen LogP contribution in [-0.4, -0.2) is 18.5 Å². The molecule has 0 spiro atoms. The molecule has 0 aliphatic heterocycles. The topological polar surface area (TPSA) is 55.1 Å². The summed E-state index contributed by atoms with van der Waals surface area (Å²) in [6, 6.07) is 6.11. The van der Waals surface area contributed by atoms with Gasteiger partial charge in [0.25, 0.3) is 5.91 Å². The molecule has 2 rings (SSSR count). The molecule has 4 heteroatoms. The molecule has 1 amide bonds. The molecular weight excluding hydrogens is 260 g/mol. The van der Waals surface area contributed by atoms with Gasteiger partial charge < -0.3 is 11.1 Å². The monoisotopic (exact) mass is 282 g/mol. The van der Waals surface area contributed by atoms with Crippen molar-refractivity contribution >= 4 is 18.3 Å². The van der Waals surface area contributed by atoms with Crippen molar-refractivity contribution in [1.29, 1.82) is 0 Å². The molecule has 19 heavy (non-hydrogen) atoms. The van der Waals surface area contributed by atoms with Gasteiger partial charge in [-0.2, -0.15) is 0 Å². The number of rotatable bonds is 3. The second-order valence-corrected chi connectivity index (χ2v) is 5.25. The molecule has 1 saturated carbocycles. The van der Waals surface area contributed by atoms with Gasteiger partial charge in [-0.15, -0.1) is 12.4 Å². The predicted octanol–water partition coefficient (Wildman–Crippen LogP) is 2.58.